The van der Waals surface area contributed by atoms with Crippen molar-refractivity contribution in [1.29, 1.82) is 0 Å². The molecule has 2 aliphatic rings. The van der Waals surface area contributed by atoms with Crippen molar-refractivity contribution in [3.63, 3.8) is 0 Å². The van der Waals surface area contributed by atoms with Gasteiger partial charge in [-0.2, -0.15) is 0 Å². The van der Waals surface area contributed by atoms with Crippen LogP contribution >= 0.6 is 0 Å². The van der Waals surface area contributed by atoms with Crippen molar-refractivity contribution < 1.29 is 14.3 Å². The van der Waals surface area contributed by atoms with E-state index in [4.69, 9.17) is 9.47 Å². The van der Waals surface area contributed by atoms with Gasteiger partial charge in [-0.3, -0.25) is 9.78 Å². The molecule has 2 aromatic carbocycles. The topological polar surface area (TPSA) is 51.7 Å². The Kier molecular flexibility index (Phi) is 4.38. The van der Waals surface area contributed by atoms with Crippen LogP contribution in [0, 0.1) is 12.8 Å². The van der Waals surface area contributed by atoms with Crippen LogP contribution in [-0.4, -0.2) is 30.6 Å². The first-order valence-corrected chi connectivity index (χ1v) is 10.2. The summed E-state index contributed by atoms with van der Waals surface area (Å²) in [6.45, 7) is 6.40. The zero-order valence-corrected chi connectivity index (χ0v) is 16.8. The third kappa shape index (κ3) is 3.20. The summed E-state index contributed by atoms with van der Waals surface area (Å²) >= 11 is 0. The van der Waals surface area contributed by atoms with Gasteiger partial charge in [0.05, 0.1) is 16.8 Å². The van der Waals surface area contributed by atoms with E-state index in [2.05, 4.69) is 16.8 Å². The highest BCUT2D eigenvalue weighted by Crippen LogP contribution is 2.41. The maximum atomic E-state index is 13.4. The van der Waals surface area contributed by atoms with Gasteiger partial charge in [-0.1, -0.05) is 36.8 Å². The van der Waals surface area contributed by atoms with Gasteiger partial charge in [-0.25, -0.2) is 0 Å². The summed E-state index contributed by atoms with van der Waals surface area (Å²) in [5, 5.41) is 0.946. The van der Waals surface area contributed by atoms with Crippen molar-refractivity contribution in [1.82, 2.24) is 4.98 Å². The second kappa shape index (κ2) is 7.07. The molecule has 1 fully saturated rings. The van der Waals surface area contributed by atoms with Crippen LogP contribution < -0.4 is 14.4 Å². The SMILES string of the molecule is Cc1ccc(C(=O)c2cnc3cc4c(cc3c2N2CCC(C)CC2)OCO4)cc1. The minimum atomic E-state index is 0.00527. The standard InChI is InChI=1S/C24H24N2O3/c1-15-3-5-17(6-4-15)24(27)19-13-25-20-12-22-21(28-14-29-22)11-18(20)23(19)26-9-7-16(2)8-10-26/h3-6,11-13,16H,7-10,14H2,1-2H3. The number of aromatic nitrogens is 1. The summed E-state index contributed by atoms with van der Waals surface area (Å²) in [5.41, 5.74) is 4.25. The summed E-state index contributed by atoms with van der Waals surface area (Å²) in [6, 6.07) is 11.6. The molecule has 0 radical (unpaired) electrons. The number of pyridine rings is 1. The van der Waals surface area contributed by atoms with Gasteiger partial charge in [-0.15, -0.1) is 0 Å². The van der Waals surface area contributed by atoms with Crippen LogP contribution in [-0.2, 0) is 0 Å². The van der Waals surface area contributed by atoms with Crippen LogP contribution in [0.25, 0.3) is 10.9 Å². The molecular formula is C24H24N2O3. The van der Waals surface area contributed by atoms with E-state index < -0.39 is 0 Å². The lowest BCUT2D eigenvalue weighted by atomic mass is 9.95. The van der Waals surface area contributed by atoms with E-state index in [0.29, 0.717) is 28.5 Å². The fourth-order valence-electron chi connectivity index (χ4n) is 4.17. The summed E-state index contributed by atoms with van der Waals surface area (Å²) in [5.74, 6) is 2.13. The molecule has 0 saturated carbocycles. The van der Waals surface area contributed by atoms with E-state index in [1.54, 1.807) is 6.20 Å². The molecule has 5 rings (SSSR count). The molecular weight excluding hydrogens is 364 g/mol. The maximum Gasteiger partial charge on any atom is 0.231 e. The predicted molar refractivity (Wildman–Crippen MR) is 113 cm³/mol. The van der Waals surface area contributed by atoms with Crippen molar-refractivity contribution in [3.05, 3.63) is 59.3 Å². The molecule has 0 spiro atoms. The highest BCUT2D eigenvalue weighted by atomic mass is 16.7. The fourth-order valence-corrected chi connectivity index (χ4v) is 4.17. The fraction of sp³-hybridized carbons (Fsp3) is 0.333. The summed E-state index contributed by atoms with van der Waals surface area (Å²) in [7, 11) is 0. The monoisotopic (exact) mass is 388 g/mol. The molecule has 0 bridgehead atoms. The lowest BCUT2D eigenvalue weighted by Crippen LogP contribution is -2.34. The molecule has 3 aromatic rings. The zero-order valence-electron chi connectivity index (χ0n) is 16.8. The predicted octanol–water partition coefficient (Wildman–Crippen LogP) is 4.74. The van der Waals surface area contributed by atoms with Crippen molar-refractivity contribution in [2.45, 2.75) is 26.7 Å². The molecule has 148 valence electrons. The Hall–Kier alpha value is -3.08. The number of piperidine rings is 1. The van der Waals surface area contributed by atoms with Gasteiger partial charge in [0.1, 0.15) is 0 Å². The van der Waals surface area contributed by atoms with E-state index >= 15 is 0 Å². The van der Waals surface area contributed by atoms with Gasteiger partial charge < -0.3 is 14.4 Å². The van der Waals surface area contributed by atoms with Crippen LogP contribution in [0.3, 0.4) is 0 Å². The highest BCUT2D eigenvalue weighted by molar-refractivity contribution is 6.16. The first kappa shape index (κ1) is 18.0. The molecule has 1 saturated heterocycles. The van der Waals surface area contributed by atoms with Gasteiger partial charge in [0.15, 0.2) is 17.3 Å². The van der Waals surface area contributed by atoms with Crippen molar-refractivity contribution in [2.75, 3.05) is 24.8 Å². The summed E-state index contributed by atoms with van der Waals surface area (Å²) in [6.07, 6.45) is 3.96. The van der Waals surface area contributed by atoms with Crippen LogP contribution in [0.4, 0.5) is 5.69 Å². The Balaban J connectivity index is 1.68. The quantitative estimate of drug-likeness (QED) is 0.607. The lowest BCUT2D eigenvalue weighted by Gasteiger charge is -2.34. The number of carbonyl (C=O) groups is 1. The number of fused-ring (bicyclic) bond motifs is 2. The summed E-state index contributed by atoms with van der Waals surface area (Å²) in [4.78, 5) is 20.4. The van der Waals surface area contributed by atoms with Gasteiger partial charge in [0.2, 0.25) is 6.79 Å². The average Bonchev–Trinajstić information content (AvgIpc) is 3.19. The summed E-state index contributed by atoms with van der Waals surface area (Å²) < 4.78 is 11.1. The molecule has 0 N–H and O–H groups in total. The van der Waals surface area contributed by atoms with Crippen LogP contribution in [0.5, 0.6) is 11.5 Å². The van der Waals surface area contributed by atoms with Crippen molar-refractivity contribution in [2.24, 2.45) is 5.92 Å². The van der Waals surface area contributed by atoms with Crippen LogP contribution in [0.1, 0.15) is 41.3 Å². The molecule has 29 heavy (non-hydrogen) atoms. The number of aryl methyl sites for hydroxylation is 1. The Morgan fingerprint density at radius 1 is 1.07 bits per heavy atom. The number of ether oxygens (including phenoxy) is 2. The molecule has 0 aliphatic carbocycles. The zero-order chi connectivity index (χ0) is 20.0. The Labute approximate surface area is 170 Å². The second-order valence-corrected chi connectivity index (χ2v) is 8.11. The first-order chi connectivity index (χ1) is 14.1. The van der Waals surface area contributed by atoms with Crippen molar-refractivity contribution in [3.8, 4) is 11.5 Å². The van der Waals surface area contributed by atoms with E-state index in [-0.39, 0.29) is 12.6 Å². The van der Waals surface area contributed by atoms with E-state index in [9.17, 15) is 4.79 Å². The maximum absolute atomic E-state index is 13.4. The van der Waals surface area contributed by atoms with Gasteiger partial charge in [-0.05, 0) is 31.7 Å². The number of ketones is 1. The normalized spacial score (nSPS) is 16.4. The number of nitrogens with zero attached hydrogens (tertiary/aromatic N) is 2. The van der Waals surface area contributed by atoms with Crippen molar-refractivity contribution >= 4 is 22.4 Å². The Bertz CT molecular complexity index is 1080. The van der Waals surface area contributed by atoms with E-state index in [1.165, 1.54) is 0 Å². The molecule has 0 amide bonds. The number of hydrogen-bond donors (Lipinski definition) is 0. The molecule has 0 atom stereocenters. The Morgan fingerprint density at radius 2 is 1.76 bits per heavy atom. The first-order valence-electron chi connectivity index (χ1n) is 10.2. The van der Waals surface area contributed by atoms with Gasteiger partial charge in [0, 0.05) is 36.3 Å². The molecule has 0 unspecified atom stereocenters. The number of rotatable bonds is 3. The molecule has 5 heteroatoms. The molecule has 2 aliphatic heterocycles. The third-order valence-electron chi connectivity index (χ3n) is 5.99. The van der Waals surface area contributed by atoms with E-state index in [0.717, 1.165) is 48.1 Å². The number of benzene rings is 2. The highest BCUT2D eigenvalue weighted by Gasteiger charge is 2.26. The number of carbonyl (C=O) groups excluding carboxylic acids is 1. The molecule has 5 nitrogen and oxygen atoms in total. The van der Waals surface area contributed by atoms with E-state index in [1.807, 2.05) is 43.3 Å². The van der Waals surface area contributed by atoms with Crippen LogP contribution in [0.15, 0.2) is 42.6 Å². The number of anilines is 1. The average molecular weight is 388 g/mol. The Morgan fingerprint density at radius 3 is 2.48 bits per heavy atom. The lowest BCUT2D eigenvalue weighted by molar-refractivity contribution is 0.103. The minimum absolute atomic E-state index is 0.00527. The molecule has 3 heterocycles. The van der Waals surface area contributed by atoms with Gasteiger partial charge >= 0.3 is 0 Å². The largest absolute Gasteiger partial charge is 0.454 e. The molecule has 1 aromatic heterocycles. The third-order valence-corrected chi connectivity index (χ3v) is 5.99. The van der Waals surface area contributed by atoms with Gasteiger partial charge in [0.25, 0.3) is 0 Å². The minimum Gasteiger partial charge on any atom is -0.454 e. The number of hydrogen-bond acceptors (Lipinski definition) is 5. The van der Waals surface area contributed by atoms with Crippen LogP contribution in [0.2, 0.25) is 0 Å². The second-order valence-electron chi connectivity index (χ2n) is 8.11. The smallest absolute Gasteiger partial charge is 0.231 e.